The molecule has 1 aliphatic rings. The summed E-state index contributed by atoms with van der Waals surface area (Å²) in [6, 6.07) is 5.20. The van der Waals surface area contributed by atoms with Crippen LogP contribution in [0.4, 0.5) is 0 Å². The van der Waals surface area contributed by atoms with E-state index < -0.39 is 28.0 Å². The minimum atomic E-state index is -3.82. The van der Waals surface area contributed by atoms with Gasteiger partial charge in [-0.3, -0.25) is 4.79 Å². The Hall–Kier alpha value is -1.15. The van der Waals surface area contributed by atoms with Crippen molar-refractivity contribution in [1.82, 2.24) is 4.31 Å². The molecule has 8 heteroatoms. The first-order chi connectivity index (χ1) is 9.87. The number of rotatable bonds is 5. The average molecular weight is 334 g/mol. The third-order valence-corrected chi connectivity index (χ3v) is 5.68. The number of sulfonamides is 1. The third kappa shape index (κ3) is 3.21. The first kappa shape index (κ1) is 16.2. The van der Waals surface area contributed by atoms with Crippen molar-refractivity contribution in [2.24, 2.45) is 5.92 Å². The second-order valence-electron chi connectivity index (χ2n) is 4.72. The summed E-state index contributed by atoms with van der Waals surface area (Å²) >= 11 is 5.84. The normalized spacial score (nSPS) is 22.6. The fourth-order valence-corrected chi connectivity index (χ4v) is 4.36. The van der Waals surface area contributed by atoms with Gasteiger partial charge in [-0.2, -0.15) is 4.31 Å². The van der Waals surface area contributed by atoms with E-state index >= 15 is 0 Å². The molecule has 0 saturated carbocycles. The Morgan fingerprint density at radius 1 is 1.48 bits per heavy atom. The van der Waals surface area contributed by atoms with E-state index in [4.69, 9.17) is 16.3 Å². The van der Waals surface area contributed by atoms with Crippen molar-refractivity contribution < 1.29 is 23.1 Å². The minimum Gasteiger partial charge on any atom is -0.481 e. The van der Waals surface area contributed by atoms with Gasteiger partial charge in [0.05, 0.1) is 30.1 Å². The molecule has 1 aromatic carbocycles. The number of carbonyl (C=O) groups is 1. The molecule has 2 rings (SSSR count). The summed E-state index contributed by atoms with van der Waals surface area (Å²) in [5.74, 6) is -1.92. The van der Waals surface area contributed by atoms with E-state index in [1.165, 1.54) is 16.4 Å². The largest absolute Gasteiger partial charge is 0.481 e. The predicted octanol–water partition coefficient (Wildman–Crippen LogP) is 1.45. The van der Waals surface area contributed by atoms with Gasteiger partial charge in [-0.25, -0.2) is 8.42 Å². The molecule has 1 saturated heterocycles. The van der Waals surface area contributed by atoms with Crippen LogP contribution in [0.3, 0.4) is 0 Å². The van der Waals surface area contributed by atoms with Gasteiger partial charge in [-0.05, 0) is 18.2 Å². The third-order valence-electron chi connectivity index (χ3n) is 3.45. The van der Waals surface area contributed by atoms with Crippen LogP contribution in [0.1, 0.15) is 6.92 Å². The van der Waals surface area contributed by atoms with Crippen LogP contribution in [0, 0.1) is 5.92 Å². The van der Waals surface area contributed by atoms with Crippen molar-refractivity contribution in [3.05, 3.63) is 29.3 Å². The lowest BCUT2D eigenvalue weighted by atomic mass is 10.0. The van der Waals surface area contributed by atoms with Crippen LogP contribution in [0.15, 0.2) is 29.2 Å². The molecule has 2 atom stereocenters. The SMILES string of the molecule is CCN(C1COCC1C(=O)O)S(=O)(=O)c1cccc(Cl)c1. The number of aliphatic carboxylic acids is 1. The Morgan fingerprint density at radius 2 is 2.19 bits per heavy atom. The highest BCUT2D eigenvalue weighted by Gasteiger charge is 2.42. The molecule has 6 nitrogen and oxygen atoms in total. The lowest BCUT2D eigenvalue weighted by molar-refractivity contribution is -0.142. The summed E-state index contributed by atoms with van der Waals surface area (Å²) in [6.45, 7) is 1.91. The quantitative estimate of drug-likeness (QED) is 0.881. The lowest BCUT2D eigenvalue weighted by Crippen LogP contribution is -2.46. The van der Waals surface area contributed by atoms with Gasteiger partial charge in [0.1, 0.15) is 0 Å². The Morgan fingerprint density at radius 3 is 2.76 bits per heavy atom. The second-order valence-corrected chi connectivity index (χ2v) is 7.04. The fraction of sp³-hybridized carbons (Fsp3) is 0.462. The zero-order valence-electron chi connectivity index (χ0n) is 11.4. The number of benzene rings is 1. The van der Waals surface area contributed by atoms with Gasteiger partial charge < -0.3 is 9.84 Å². The van der Waals surface area contributed by atoms with Gasteiger partial charge in [-0.15, -0.1) is 0 Å². The average Bonchev–Trinajstić information content (AvgIpc) is 2.88. The van der Waals surface area contributed by atoms with Crippen LogP contribution in [0.5, 0.6) is 0 Å². The topological polar surface area (TPSA) is 83.9 Å². The first-order valence-corrected chi connectivity index (χ1v) is 8.27. The highest BCUT2D eigenvalue weighted by Crippen LogP contribution is 2.27. The molecule has 0 bridgehead atoms. The highest BCUT2D eigenvalue weighted by atomic mass is 35.5. The van der Waals surface area contributed by atoms with Gasteiger partial charge >= 0.3 is 5.97 Å². The summed E-state index contributed by atoms with van der Waals surface area (Å²) in [4.78, 5) is 11.3. The number of carboxylic acids is 1. The van der Waals surface area contributed by atoms with E-state index in [1.54, 1.807) is 19.1 Å². The molecule has 0 aromatic heterocycles. The molecule has 1 aliphatic heterocycles. The number of ether oxygens (including phenoxy) is 1. The summed E-state index contributed by atoms with van der Waals surface area (Å²) in [5.41, 5.74) is 0. The summed E-state index contributed by atoms with van der Waals surface area (Å²) in [6.07, 6.45) is 0. The van der Waals surface area contributed by atoms with Gasteiger partial charge in [0.2, 0.25) is 10.0 Å². The van der Waals surface area contributed by atoms with Crippen molar-refractivity contribution in [2.75, 3.05) is 19.8 Å². The Kier molecular flexibility index (Phi) is 4.88. The van der Waals surface area contributed by atoms with Crippen molar-refractivity contribution in [3.8, 4) is 0 Å². The molecule has 21 heavy (non-hydrogen) atoms. The van der Waals surface area contributed by atoms with Gasteiger partial charge in [0.25, 0.3) is 0 Å². The zero-order chi connectivity index (χ0) is 15.6. The Labute approximate surface area is 128 Å². The van der Waals surface area contributed by atoms with Crippen molar-refractivity contribution in [1.29, 1.82) is 0 Å². The molecule has 0 aliphatic carbocycles. The molecular formula is C13H16ClNO5S. The Bertz CT molecular complexity index is 633. The molecule has 0 radical (unpaired) electrons. The number of hydrogen-bond donors (Lipinski definition) is 1. The van der Waals surface area contributed by atoms with Crippen LogP contribution in [0.2, 0.25) is 5.02 Å². The van der Waals surface area contributed by atoms with Crippen LogP contribution in [0.25, 0.3) is 0 Å². The molecule has 116 valence electrons. The van der Waals surface area contributed by atoms with E-state index in [-0.39, 0.29) is 24.7 Å². The lowest BCUT2D eigenvalue weighted by Gasteiger charge is -2.28. The van der Waals surface area contributed by atoms with Gasteiger partial charge in [0, 0.05) is 11.6 Å². The van der Waals surface area contributed by atoms with Crippen LogP contribution in [-0.2, 0) is 19.6 Å². The number of halogens is 1. The monoisotopic (exact) mass is 333 g/mol. The molecule has 0 spiro atoms. The van der Waals surface area contributed by atoms with E-state index in [9.17, 15) is 18.3 Å². The summed E-state index contributed by atoms with van der Waals surface area (Å²) in [7, 11) is -3.82. The maximum Gasteiger partial charge on any atom is 0.310 e. The van der Waals surface area contributed by atoms with Crippen LogP contribution < -0.4 is 0 Å². The van der Waals surface area contributed by atoms with Crippen molar-refractivity contribution in [3.63, 3.8) is 0 Å². The second kappa shape index (κ2) is 6.31. The highest BCUT2D eigenvalue weighted by molar-refractivity contribution is 7.89. The van der Waals surface area contributed by atoms with E-state index in [0.29, 0.717) is 5.02 Å². The molecule has 0 amide bonds. The number of nitrogens with zero attached hydrogens (tertiary/aromatic N) is 1. The number of hydrogen-bond acceptors (Lipinski definition) is 4. The molecule has 1 N–H and O–H groups in total. The standard InChI is InChI=1S/C13H16ClNO5S/c1-2-15(12-8-20-7-11(12)13(16)17)21(18,19)10-5-3-4-9(14)6-10/h3-6,11-12H,2,7-8H2,1H3,(H,16,17). The molecular weight excluding hydrogens is 318 g/mol. The molecule has 2 unspecified atom stereocenters. The van der Waals surface area contributed by atoms with E-state index in [0.717, 1.165) is 0 Å². The minimum absolute atomic E-state index is 0.0154. The molecule has 1 heterocycles. The maximum absolute atomic E-state index is 12.7. The van der Waals surface area contributed by atoms with Gasteiger partial charge in [-0.1, -0.05) is 24.6 Å². The van der Waals surface area contributed by atoms with Gasteiger partial charge in [0.15, 0.2) is 0 Å². The summed E-state index contributed by atoms with van der Waals surface area (Å²) < 4.78 is 31.7. The smallest absolute Gasteiger partial charge is 0.310 e. The van der Waals surface area contributed by atoms with E-state index in [1.807, 2.05) is 0 Å². The zero-order valence-corrected chi connectivity index (χ0v) is 13.0. The maximum atomic E-state index is 12.7. The fourth-order valence-electron chi connectivity index (χ4n) is 2.41. The first-order valence-electron chi connectivity index (χ1n) is 6.46. The molecule has 1 aromatic rings. The molecule has 1 fully saturated rings. The van der Waals surface area contributed by atoms with E-state index in [2.05, 4.69) is 0 Å². The van der Waals surface area contributed by atoms with Crippen LogP contribution in [-0.4, -0.2) is 49.6 Å². The summed E-state index contributed by atoms with van der Waals surface area (Å²) in [5, 5.41) is 9.50. The van der Waals surface area contributed by atoms with Crippen LogP contribution >= 0.6 is 11.6 Å². The van der Waals surface area contributed by atoms with Crippen molar-refractivity contribution >= 4 is 27.6 Å². The number of likely N-dealkylation sites (N-methyl/N-ethyl adjacent to an activating group) is 1. The van der Waals surface area contributed by atoms with Crippen molar-refractivity contribution in [2.45, 2.75) is 17.9 Å². The Balaban J connectivity index is 2.38. The number of carboxylic acid groups (broad SMARTS) is 1. The predicted molar refractivity (Wildman–Crippen MR) is 76.8 cm³/mol.